The van der Waals surface area contributed by atoms with E-state index in [1.165, 1.54) is 11.1 Å². The highest BCUT2D eigenvalue weighted by Crippen LogP contribution is 2.24. The van der Waals surface area contributed by atoms with Gasteiger partial charge in [-0.15, -0.1) is 0 Å². The van der Waals surface area contributed by atoms with Crippen LogP contribution in [-0.4, -0.2) is 28.6 Å². The molecule has 3 nitrogen and oxygen atoms in total. The number of carboxylic acids is 1. The van der Waals surface area contributed by atoms with Crippen molar-refractivity contribution in [2.24, 2.45) is 5.92 Å². The Bertz CT molecular complexity index is 427. The molecular formula is C16H23NO2. The van der Waals surface area contributed by atoms with Gasteiger partial charge in [-0.05, 0) is 43.9 Å². The molecule has 19 heavy (non-hydrogen) atoms. The van der Waals surface area contributed by atoms with Crippen molar-refractivity contribution >= 4 is 5.97 Å². The number of rotatable bonds is 4. The van der Waals surface area contributed by atoms with Crippen LogP contribution in [0, 0.1) is 5.92 Å². The quantitative estimate of drug-likeness (QED) is 0.906. The number of carboxylic acid groups (broad SMARTS) is 1. The maximum absolute atomic E-state index is 11.0. The van der Waals surface area contributed by atoms with Crippen LogP contribution < -0.4 is 0 Å². The molecule has 104 valence electrons. The van der Waals surface area contributed by atoms with Gasteiger partial charge in [0.1, 0.15) is 0 Å². The maximum Gasteiger partial charge on any atom is 0.306 e. The molecule has 0 spiro atoms. The molecule has 1 aromatic carbocycles. The molecule has 1 fully saturated rings. The van der Waals surface area contributed by atoms with Crippen LogP contribution in [-0.2, 0) is 17.8 Å². The summed E-state index contributed by atoms with van der Waals surface area (Å²) in [6.45, 7) is 6.11. The van der Waals surface area contributed by atoms with Crippen molar-refractivity contribution < 1.29 is 9.90 Å². The van der Waals surface area contributed by atoms with E-state index in [2.05, 4.69) is 43.0 Å². The number of aliphatic carboxylic acids is 1. The number of hydrogen-bond acceptors (Lipinski definition) is 2. The van der Waals surface area contributed by atoms with Crippen molar-refractivity contribution in [1.29, 1.82) is 0 Å². The number of aryl methyl sites for hydroxylation is 1. The van der Waals surface area contributed by atoms with Gasteiger partial charge < -0.3 is 5.11 Å². The first-order valence-electron chi connectivity index (χ1n) is 7.14. The van der Waals surface area contributed by atoms with E-state index in [4.69, 9.17) is 5.11 Å². The molecule has 0 radical (unpaired) electrons. The van der Waals surface area contributed by atoms with E-state index in [0.29, 0.717) is 6.04 Å². The van der Waals surface area contributed by atoms with Crippen molar-refractivity contribution in [2.45, 2.75) is 45.7 Å². The van der Waals surface area contributed by atoms with Crippen molar-refractivity contribution in [3.63, 3.8) is 0 Å². The lowest BCUT2D eigenvalue weighted by atomic mass is 9.91. The van der Waals surface area contributed by atoms with Crippen LogP contribution in [0.15, 0.2) is 24.3 Å². The Morgan fingerprint density at radius 1 is 1.32 bits per heavy atom. The summed E-state index contributed by atoms with van der Waals surface area (Å²) < 4.78 is 0. The molecule has 1 N–H and O–H groups in total. The summed E-state index contributed by atoms with van der Waals surface area (Å²) in [5.74, 6) is -0.799. The second-order valence-corrected chi connectivity index (χ2v) is 5.55. The standard InChI is InChI=1S/C16H23NO2/c1-3-13-4-6-14(7-5-13)11-17-9-8-15(16(18)19)10-12(17)2/h4-7,12,15H,3,8-11H2,1-2H3,(H,18,19). The highest BCUT2D eigenvalue weighted by molar-refractivity contribution is 5.70. The molecule has 2 atom stereocenters. The molecular weight excluding hydrogens is 238 g/mol. The fourth-order valence-corrected chi connectivity index (χ4v) is 2.79. The van der Waals surface area contributed by atoms with Gasteiger partial charge in [0, 0.05) is 12.6 Å². The largest absolute Gasteiger partial charge is 0.481 e. The monoisotopic (exact) mass is 261 g/mol. The number of nitrogens with zero attached hydrogens (tertiary/aromatic N) is 1. The highest BCUT2D eigenvalue weighted by atomic mass is 16.4. The molecule has 0 amide bonds. The number of likely N-dealkylation sites (tertiary alicyclic amines) is 1. The van der Waals surface area contributed by atoms with E-state index in [1.807, 2.05) is 0 Å². The second-order valence-electron chi connectivity index (χ2n) is 5.55. The number of piperidine rings is 1. The minimum atomic E-state index is -0.640. The summed E-state index contributed by atoms with van der Waals surface area (Å²) in [5, 5.41) is 9.07. The average Bonchev–Trinajstić information content (AvgIpc) is 2.41. The Morgan fingerprint density at radius 3 is 2.47 bits per heavy atom. The number of carbonyl (C=O) groups is 1. The molecule has 1 aliphatic rings. The number of hydrogen-bond donors (Lipinski definition) is 1. The van der Waals surface area contributed by atoms with E-state index in [9.17, 15) is 4.79 Å². The van der Waals surface area contributed by atoms with Crippen LogP contribution >= 0.6 is 0 Å². The predicted molar refractivity (Wildman–Crippen MR) is 76.1 cm³/mol. The molecule has 2 unspecified atom stereocenters. The van der Waals surface area contributed by atoms with Crippen molar-refractivity contribution in [3.05, 3.63) is 35.4 Å². The van der Waals surface area contributed by atoms with E-state index in [0.717, 1.165) is 32.4 Å². The summed E-state index contributed by atoms with van der Waals surface area (Å²) in [5.41, 5.74) is 2.68. The smallest absolute Gasteiger partial charge is 0.306 e. The van der Waals surface area contributed by atoms with Crippen molar-refractivity contribution in [3.8, 4) is 0 Å². The molecule has 1 heterocycles. The topological polar surface area (TPSA) is 40.5 Å². The van der Waals surface area contributed by atoms with Crippen LogP contribution in [0.4, 0.5) is 0 Å². The first kappa shape index (κ1) is 14.1. The van der Waals surface area contributed by atoms with Gasteiger partial charge in [-0.1, -0.05) is 31.2 Å². The van der Waals surface area contributed by atoms with Gasteiger partial charge in [0.25, 0.3) is 0 Å². The zero-order valence-electron chi connectivity index (χ0n) is 11.8. The van der Waals surface area contributed by atoms with Gasteiger partial charge in [-0.25, -0.2) is 0 Å². The Kier molecular flexibility index (Phi) is 4.59. The molecule has 2 rings (SSSR count). The SMILES string of the molecule is CCc1ccc(CN2CCC(C(=O)O)CC2C)cc1. The minimum absolute atomic E-state index is 0.159. The van der Waals surface area contributed by atoms with Gasteiger partial charge in [0.2, 0.25) is 0 Å². The highest BCUT2D eigenvalue weighted by Gasteiger charge is 2.29. The molecule has 3 heteroatoms. The zero-order valence-corrected chi connectivity index (χ0v) is 11.8. The van der Waals surface area contributed by atoms with Crippen LogP contribution in [0.3, 0.4) is 0 Å². The fourth-order valence-electron chi connectivity index (χ4n) is 2.79. The van der Waals surface area contributed by atoms with Crippen LogP contribution in [0.5, 0.6) is 0 Å². The second kappa shape index (κ2) is 6.20. The normalized spacial score (nSPS) is 24.3. The molecule has 1 aromatic rings. The van der Waals surface area contributed by atoms with E-state index in [1.54, 1.807) is 0 Å². The van der Waals surface area contributed by atoms with Crippen LogP contribution in [0.1, 0.15) is 37.8 Å². The van der Waals surface area contributed by atoms with E-state index < -0.39 is 5.97 Å². The molecule has 0 aromatic heterocycles. The lowest BCUT2D eigenvalue weighted by Crippen LogP contribution is -2.42. The summed E-state index contributed by atoms with van der Waals surface area (Å²) in [6.07, 6.45) is 2.61. The Morgan fingerprint density at radius 2 is 1.95 bits per heavy atom. The van der Waals surface area contributed by atoms with Gasteiger partial charge in [0.05, 0.1) is 5.92 Å². The Hall–Kier alpha value is -1.35. The molecule has 0 aliphatic carbocycles. The summed E-state index contributed by atoms with van der Waals surface area (Å²) in [7, 11) is 0. The first-order chi connectivity index (χ1) is 9.10. The predicted octanol–water partition coefficient (Wildman–Crippen LogP) is 2.93. The fraction of sp³-hybridized carbons (Fsp3) is 0.562. The van der Waals surface area contributed by atoms with Crippen LogP contribution in [0.2, 0.25) is 0 Å². The van der Waals surface area contributed by atoms with Crippen molar-refractivity contribution in [2.75, 3.05) is 6.54 Å². The summed E-state index contributed by atoms with van der Waals surface area (Å²) in [6, 6.07) is 9.10. The average molecular weight is 261 g/mol. The van der Waals surface area contributed by atoms with E-state index in [-0.39, 0.29) is 5.92 Å². The summed E-state index contributed by atoms with van der Waals surface area (Å²) in [4.78, 5) is 13.4. The lowest BCUT2D eigenvalue weighted by molar-refractivity contribution is -0.144. The minimum Gasteiger partial charge on any atom is -0.481 e. The third-order valence-electron chi connectivity index (χ3n) is 4.18. The maximum atomic E-state index is 11.0. The Balaban J connectivity index is 1.94. The first-order valence-corrected chi connectivity index (χ1v) is 7.14. The zero-order chi connectivity index (χ0) is 13.8. The third-order valence-corrected chi connectivity index (χ3v) is 4.18. The van der Waals surface area contributed by atoms with Crippen molar-refractivity contribution in [1.82, 2.24) is 4.90 Å². The third kappa shape index (κ3) is 3.57. The van der Waals surface area contributed by atoms with Gasteiger partial charge in [-0.2, -0.15) is 0 Å². The molecule has 0 saturated carbocycles. The van der Waals surface area contributed by atoms with Gasteiger partial charge in [0.15, 0.2) is 0 Å². The Labute approximate surface area is 115 Å². The lowest BCUT2D eigenvalue weighted by Gasteiger charge is -2.36. The number of benzene rings is 1. The summed E-state index contributed by atoms with van der Waals surface area (Å²) >= 11 is 0. The molecule has 1 saturated heterocycles. The van der Waals surface area contributed by atoms with Crippen LogP contribution in [0.25, 0.3) is 0 Å². The molecule has 1 aliphatic heterocycles. The van der Waals surface area contributed by atoms with Gasteiger partial charge >= 0.3 is 5.97 Å². The van der Waals surface area contributed by atoms with E-state index >= 15 is 0 Å². The van der Waals surface area contributed by atoms with Gasteiger partial charge in [-0.3, -0.25) is 9.69 Å². The molecule has 0 bridgehead atoms.